The van der Waals surface area contributed by atoms with Crippen LogP contribution in [0.1, 0.15) is 40.5 Å². The van der Waals surface area contributed by atoms with Gasteiger partial charge in [0.15, 0.2) is 0 Å². The molecule has 0 radical (unpaired) electrons. The molecule has 0 unspecified atom stereocenters. The Kier molecular flexibility index (Phi) is 4.39. The van der Waals surface area contributed by atoms with Gasteiger partial charge in [0.1, 0.15) is 0 Å². The van der Waals surface area contributed by atoms with Crippen molar-refractivity contribution in [1.29, 1.82) is 0 Å². The molecule has 1 aliphatic carbocycles. The van der Waals surface area contributed by atoms with Gasteiger partial charge in [-0.25, -0.2) is 0 Å². The van der Waals surface area contributed by atoms with Crippen molar-refractivity contribution < 1.29 is 4.74 Å². The lowest BCUT2D eigenvalue weighted by molar-refractivity contribution is -0.0250. The summed E-state index contributed by atoms with van der Waals surface area (Å²) in [5.74, 6) is 0.792. The Morgan fingerprint density at radius 2 is 1.93 bits per heavy atom. The maximum atomic E-state index is 5.52. The minimum Gasteiger partial charge on any atom is -0.378 e. The van der Waals surface area contributed by atoms with Crippen molar-refractivity contribution in [2.24, 2.45) is 5.92 Å². The van der Waals surface area contributed by atoms with Crippen LogP contribution in [0.2, 0.25) is 0 Å². The van der Waals surface area contributed by atoms with E-state index in [1.54, 1.807) is 0 Å². The van der Waals surface area contributed by atoms with Crippen LogP contribution < -0.4 is 0 Å². The van der Waals surface area contributed by atoms with Crippen LogP contribution >= 0.6 is 0 Å². The third-order valence-electron chi connectivity index (χ3n) is 2.96. The van der Waals surface area contributed by atoms with Gasteiger partial charge in [0.25, 0.3) is 0 Å². The van der Waals surface area contributed by atoms with Gasteiger partial charge in [-0.3, -0.25) is 4.90 Å². The van der Waals surface area contributed by atoms with Crippen molar-refractivity contribution >= 4 is 0 Å². The molecule has 1 aliphatic heterocycles. The van der Waals surface area contributed by atoms with E-state index in [-0.39, 0.29) is 0 Å². The molecule has 1 spiro atoms. The molecular weight excluding hydrogens is 174 g/mol. The molecule has 84 valence electrons. The molecule has 0 N–H and O–H groups in total. The molecular formula is C12H25NO. The highest BCUT2D eigenvalue weighted by Gasteiger charge is 2.49. The summed E-state index contributed by atoms with van der Waals surface area (Å²) in [6.07, 6.45) is 2.72. The standard InChI is InChI=1S/C10H19NO.C2H6/c1-9(2)7-11-5-6-12-8-10(11)3-4-10;1-2/h9H,3-8H2,1-2H3;1-2H3. The highest BCUT2D eigenvalue weighted by atomic mass is 16.5. The van der Waals surface area contributed by atoms with Gasteiger partial charge < -0.3 is 4.74 Å². The molecule has 0 atom stereocenters. The smallest absolute Gasteiger partial charge is 0.0651 e. The summed E-state index contributed by atoms with van der Waals surface area (Å²) in [7, 11) is 0. The quantitative estimate of drug-likeness (QED) is 0.677. The molecule has 14 heavy (non-hydrogen) atoms. The van der Waals surface area contributed by atoms with Crippen LogP contribution in [0.5, 0.6) is 0 Å². The first-order valence-corrected chi connectivity index (χ1v) is 6.06. The van der Waals surface area contributed by atoms with Crippen LogP contribution in [0.3, 0.4) is 0 Å². The third-order valence-corrected chi connectivity index (χ3v) is 2.96. The summed E-state index contributed by atoms with van der Waals surface area (Å²) in [5, 5.41) is 0. The molecule has 2 fully saturated rings. The van der Waals surface area contributed by atoms with Gasteiger partial charge in [0.2, 0.25) is 0 Å². The van der Waals surface area contributed by atoms with E-state index in [0.29, 0.717) is 5.54 Å². The zero-order valence-electron chi connectivity index (χ0n) is 10.2. The number of morpholine rings is 1. The Morgan fingerprint density at radius 1 is 1.29 bits per heavy atom. The number of nitrogens with zero attached hydrogens (tertiary/aromatic N) is 1. The number of rotatable bonds is 2. The van der Waals surface area contributed by atoms with E-state index in [0.717, 1.165) is 25.7 Å². The van der Waals surface area contributed by atoms with Gasteiger partial charge in [-0.05, 0) is 18.8 Å². The molecule has 0 bridgehead atoms. The highest BCUT2D eigenvalue weighted by Crippen LogP contribution is 2.43. The Balaban J connectivity index is 0.000000461. The van der Waals surface area contributed by atoms with E-state index in [9.17, 15) is 0 Å². The van der Waals surface area contributed by atoms with Gasteiger partial charge in [-0.1, -0.05) is 27.7 Å². The van der Waals surface area contributed by atoms with Crippen LogP contribution in [0.25, 0.3) is 0 Å². The second-order valence-corrected chi connectivity index (χ2v) is 4.62. The van der Waals surface area contributed by atoms with Crippen molar-refractivity contribution in [2.75, 3.05) is 26.3 Å². The zero-order valence-corrected chi connectivity index (χ0v) is 10.2. The maximum Gasteiger partial charge on any atom is 0.0651 e. The molecule has 2 nitrogen and oxygen atoms in total. The van der Waals surface area contributed by atoms with Crippen LogP contribution in [-0.2, 0) is 4.74 Å². The first-order valence-electron chi connectivity index (χ1n) is 6.06. The Bertz CT molecular complexity index is 164. The third kappa shape index (κ3) is 2.71. The number of ether oxygens (including phenoxy) is 1. The molecule has 2 heteroatoms. The Hall–Kier alpha value is -0.0800. The Morgan fingerprint density at radius 3 is 2.43 bits per heavy atom. The summed E-state index contributed by atoms with van der Waals surface area (Å²) < 4.78 is 5.52. The second-order valence-electron chi connectivity index (χ2n) is 4.62. The molecule has 1 saturated carbocycles. The van der Waals surface area contributed by atoms with E-state index in [1.807, 2.05) is 13.8 Å². The average Bonchev–Trinajstić information content (AvgIpc) is 2.93. The normalized spacial score (nSPS) is 24.6. The largest absolute Gasteiger partial charge is 0.378 e. The lowest BCUT2D eigenvalue weighted by atomic mass is 10.1. The van der Waals surface area contributed by atoms with Crippen LogP contribution in [-0.4, -0.2) is 36.7 Å². The first kappa shape index (κ1) is 12.0. The van der Waals surface area contributed by atoms with Gasteiger partial charge in [-0.15, -0.1) is 0 Å². The van der Waals surface area contributed by atoms with Crippen molar-refractivity contribution in [2.45, 2.75) is 46.1 Å². The summed E-state index contributed by atoms with van der Waals surface area (Å²) in [6.45, 7) is 12.9. The Labute approximate surface area is 88.6 Å². The fourth-order valence-corrected chi connectivity index (χ4v) is 2.10. The van der Waals surface area contributed by atoms with E-state index < -0.39 is 0 Å². The van der Waals surface area contributed by atoms with E-state index in [4.69, 9.17) is 4.74 Å². The summed E-state index contributed by atoms with van der Waals surface area (Å²) in [4.78, 5) is 2.64. The van der Waals surface area contributed by atoms with Gasteiger partial charge >= 0.3 is 0 Å². The highest BCUT2D eigenvalue weighted by molar-refractivity contribution is 5.05. The van der Waals surface area contributed by atoms with E-state index in [2.05, 4.69) is 18.7 Å². The van der Waals surface area contributed by atoms with Gasteiger partial charge in [0.05, 0.1) is 13.2 Å². The lowest BCUT2D eigenvalue weighted by Crippen LogP contribution is -2.48. The molecule has 1 heterocycles. The van der Waals surface area contributed by atoms with Crippen LogP contribution in [0, 0.1) is 5.92 Å². The number of hydrogen-bond acceptors (Lipinski definition) is 2. The topological polar surface area (TPSA) is 12.5 Å². The minimum absolute atomic E-state index is 0.489. The second kappa shape index (κ2) is 5.13. The fourth-order valence-electron chi connectivity index (χ4n) is 2.10. The monoisotopic (exact) mass is 199 g/mol. The van der Waals surface area contributed by atoms with Gasteiger partial charge in [0, 0.05) is 18.6 Å². The minimum atomic E-state index is 0.489. The molecule has 2 aliphatic rings. The predicted octanol–water partition coefficient (Wildman–Crippen LogP) is 2.53. The summed E-state index contributed by atoms with van der Waals surface area (Å²) in [6, 6.07) is 0. The van der Waals surface area contributed by atoms with Gasteiger partial charge in [-0.2, -0.15) is 0 Å². The maximum absolute atomic E-state index is 5.52. The SMILES string of the molecule is CC.CC(C)CN1CCOCC12CC2. The molecule has 0 amide bonds. The molecule has 0 aromatic rings. The van der Waals surface area contributed by atoms with Crippen LogP contribution in [0.15, 0.2) is 0 Å². The zero-order chi connectivity index (χ0) is 10.6. The summed E-state index contributed by atoms with van der Waals surface area (Å²) >= 11 is 0. The lowest BCUT2D eigenvalue weighted by Gasteiger charge is -2.37. The first-order chi connectivity index (χ1) is 6.73. The van der Waals surface area contributed by atoms with E-state index in [1.165, 1.54) is 19.4 Å². The van der Waals surface area contributed by atoms with E-state index >= 15 is 0 Å². The van der Waals surface area contributed by atoms with Crippen molar-refractivity contribution in [3.63, 3.8) is 0 Å². The summed E-state index contributed by atoms with van der Waals surface area (Å²) in [5.41, 5.74) is 0.489. The average molecular weight is 199 g/mol. The molecule has 1 saturated heterocycles. The van der Waals surface area contributed by atoms with Crippen LogP contribution in [0.4, 0.5) is 0 Å². The number of hydrogen-bond donors (Lipinski definition) is 0. The molecule has 2 rings (SSSR count). The fraction of sp³-hybridized carbons (Fsp3) is 1.00. The van der Waals surface area contributed by atoms with Crippen molar-refractivity contribution in [3.8, 4) is 0 Å². The van der Waals surface area contributed by atoms with Crippen molar-refractivity contribution in [1.82, 2.24) is 4.90 Å². The van der Waals surface area contributed by atoms with Crippen molar-refractivity contribution in [3.05, 3.63) is 0 Å². The molecule has 0 aromatic heterocycles. The predicted molar refractivity (Wildman–Crippen MR) is 60.5 cm³/mol. The molecule has 0 aromatic carbocycles.